The summed E-state index contributed by atoms with van der Waals surface area (Å²) >= 11 is 0. The van der Waals surface area contributed by atoms with Crippen molar-refractivity contribution >= 4 is 0 Å². The smallest absolute Gasteiger partial charge is 0.0162 e. The molecular weight excluding hydrogens is 276 g/mol. The van der Waals surface area contributed by atoms with Gasteiger partial charge in [0.2, 0.25) is 0 Å². The fraction of sp³-hybridized carbons (Fsp3) is 0.652. The Morgan fingerprint density at radius 1 is 0.826 bits per heavy atom. The molecule has 1 aromatic carbocycles. The maximum absolute atomic E-state index is 2.37. The molecule has 2 fully saturated rings. The van der Waals surface area contributed by atoms with Crippen LogP contribution in [-0.2, 0) is 0 Å². The monoisotopic (exact) mass is 310 g/mol. The van der Waals surface area contributed by atoms with Crippen molar-refractivity contribution in [3.63, 3.8) is 0 Å². The molecule has 0 atom stereocenters. The van der Waals surface area contributed by atoms with Gasteiger partial charge in [-0.25, -0.2) is 0 Å². The minimum absolute atomic E-state index is 0.831. The number of rotatable bonds is 4. The van der Waals surface area contributed by atoms with E-state index in [4.69, 9.17) is 0 Å². The highest BCUT2D eigenvalue weighted by Crippen LogP contribution is 2.44. The van der Waals surface area contributed by atoms with E-state index >= 15 is 0 Å². The molecule has 0 radical (unpaired) electrons. The van der Waals surface area contributed by atoms with Crippen molar-refractivity contribution in [1.29, 1.82) is 0 Å². The summed E-state index contributed by atoms with van der Waals surface area (Å²) in [6.45, 7) is 4.34. The molecule has 2 aliphatic rings. The van der Waals surface area contributed by atoms with Crippen molar-refractivity contribution in [3.05, 3.63) is 47.5 Å². The maximum atomic E-state index is 2.37. The molecule has 0 aliphatic heterocycles. The third-order valence-corrected chi connectivity index (χ3v) is 6.58. The molecule has 23 heavy (non-hydrogen) atoms. The van der Waals surface area contributed by atoms with E-state index in [1.807, 2.05) is 0 Å². The number of hydrogen-bond donors (Lipinski definition) is 0. The molecule has 126 valence electrons. The number of allylic oxidation sites excluding steroid dienone is 2. The average Bonchev–Trinajstić information content (AvgIpc) is 2.61. The second-order valence-electron chi connectivity index (χ2n) is 8.11. The van der Waals surface area contributed by atoms with E-state index in [1.54, 1.807) is 5.56 Å². The highest BCUT2D eigenvalue weighted by Gasteiger charge is 2.30. The van der Waals surface area contributed by atoms with Gasteiger partial charge in [0.1, 0.15) is 0 Å². The van der Waals surface area contributed by atoms with Gasteiger partial charge in [-0.3, -0.25) is 0 Å². The van der Waals surface area contributed by atoms with Crippen molar-refractivity contribution in [2.45, 2.75) is 77.6 Å². The van der Waals surface area contributed by atoms with Crippen LogP contribution in [0.4, 0.5) is 0 Å². The van der Waals surface area contributed by atoms with Gasteiger partial charge in [0.25, 0.3) is 0 Å². The van der Waals surface area contributed by atoms with Crippen molar-refractivity contribution in [2.24, 2.45) is 17.8 Å². The predicted octanol–water partition coefficient (Wildman–Crippen LogP) is 7.04. The summed E-state index contributed by atoms with van der Waals surface area (Å²) in [6, 6.07) is 9.31. The van der Waals surface area contributed by atoms with Gasteiger partial charge in [-0.1, -0.05) is 42.0 Å². The molecule has 0 heteroatoms. The Balaban J connectivity index is 1.45. The fourth-order valence-electron chi connectivity index (χ4n) is 4.99. The van der Waals surface area contributed by atoms with Crippen LogP contribution in [0.1, 0.15) is 81.8 Å². The zero-order valence-electron chi connectivity index (χ0n) is 15.1. The quantitative estimate of drug-likeness (QED) is 0.523. The van der Waals surface area contributed by atoms with E-state index in [0.717, 1.165) is 23.7 Å². The molecule has 0 amide bonds. The second-order valence-corrected chi connectivity index (χ2v) is 8.11. The molecule has 0 unspecified atom stereocenters. The minimum Gasteiger partial charge on any atom is -0.0917 e. The molecule has 0 nitrogen and oxygen atoms in total. The van der Waals surface area contributed by atoms with Gasteiger partial charge in [-0.2, -0.15) is 0 Å². The van der Waals surface area contributed by atoms with Gasteiger partial charge in [0, 0.05) is 0 Å². The van der Waals surface area contributed by atoms with Gasteiger partial charge in [0.15, 0.2) is 0 Å². The van der Waals surface area contributed by atoms with Crippen LogP contribution in [0.25, 0.3) is 0 Å². The molecule has 0 saturated heterocycles. The van der Waals surface area contributed by atoms with Crippen LogP contribution in [0, 0.1) is 24.7 Å². The third-order valence-electron chi connectivity index (χ3n) is 6.58. The van der Waals surface area contributed by atoms with Crippen LogP contribution in [0.2, 0.25) is 0 Å². The van der Waals surface area contributed by atoms with E-state index in [9.17, 15) is 0 Å². The van der Waals surface area contributed by atoms with Crippen LogP contribution in [0.15, 0.2) is 36.4 Å². The predicted molar refractivity (Wildman–Crippen MR) is 101 cm³/mol. The van der Waals surface area contributed by atoms with Crippen LogP contribution in [0.3, 0.4) is 0 Å². The second kappa shape index (κ2) is 8.18. The Bertz CT molecular complexity index is 479. The standard InChI is InChI=1S/C23H34/c1-3-4-5-19-8-12-21(13-9-19)23-16-14-22(15-17-23)20-10-6-18(2)7-11-20/h3-4,6-7,10-11,19,21-23H,5,8-9,12-17H2,1-2H3. The van der Waals surface area contributed by atoms with E-state index in [0.29, 0.717) is 0 Å². The largest absolute Gasteiger partial charge is 0.0917 e. The SMILES string of the molecule is CC=CCC1CCC(C2CCC(c3ccc(C)cc3)CC2)CC1. The Morgan fingerprint density at radius 2 is 1.39 bits per heavy atom. The first-order chi connectivity index (χ1) is 11.3. The van der Waals surface area contributed by atoms with Crippen molar-refractivity contribution in [1.82, 2.24) is 0 Å². The van der Waals surface area contributed by atoms with E-state index in [-0.39, 0.29) is 0 Å². The highest BCUT2D eigenvalue weighted by molar-refractivity contribution is 5.24. The normalized spacial score (nSPS) is 32.3. The van der Waals surface area contributed by atoms with Gasteiger partial charge in [0.05, 0.1) is 0 Å². The van der Waals surface area contributed by atoms with Crippen molar-refractivity contribution < 1.29 is 0 Å². The first kappa shape index (κ1) is 16.8. The van der Waals surface area contributed by atoms with E-state index < -0.39 is 0 Å². The van der Waals surface area contributed by atoms with Crippen LogP contribution < -0.4 is 0 Å². The zero-order valence-corrected chi connectivity index (χ0v) is 15.1. The Labute approximate surface area is 143 Å². The molecule has 0 aromatic heterocycles. The summed E-state index contributed by atoms with van der Waals surface area (Å²) in [5, 5.41) is 0. The third kappa shape index (κ3) is 4.49. The molecule has 2 aliphatic carbocycles. The van der Waals surface area contributed by atoms with Gasteiger partial charge in [-0.05, 0) is 101 Å². The van der Waals surface area contributed by atoms with Gasteiger partial charge in [-0.15, -0.1) is 0 Å². The molecule has 1 aromatic rings. The minimum atomic E-state index is 0.831. The summed E-state index contributed by atoms with van der Waals surface area (Å²) in [5.74, 6) is 3.87. The van der Waals surface area contributed by atoms with E-state index in [2.05, 4.69) is 50.3 Å². The van der Waals surface area contributed by atoms with Crippen molar-refractivity contribution in [3.8, 4) is 0 Å². The Kier molecular flexibility index (Phi) is 5.97. The molecule has 0 N–H and O–H groups in total. The molecule has 0 heterocycles. The van der Waals surface area contributed by atoms with Crippen molar-refractivity contribution in [2.75, 3.05) is 0 Å². The lowest BCUT2D eigenvalue weighted by Gasteiger charge is -2.38. The summed E-state index contributed by atoms with van der Waals surface area (Å²) in [5.41, 5.74) is 2.97. The van der Waals surface area contributed by atoms with Crippen LogP contribution in [0.5, 0.6) is 0 Å². The van der Waals surface area contributed by atoms with Gasteiger partial charge < -0.3 is 0 Å². The summed E-state index contributed by atoms with van der Waals surface area (Å²) in [4.78, 5) is 0. The molecule has 0 spiro atoms. The number of hydrogen-bond acceptors (Lipinski definition) is 0. The lowest BCUT2D eigenvalue weighted by molar-refractivity contribution is 0.160. The Morgan fingerprint density at radius 3 is 1.96 bits per heavy atom. The summed E-state index contributed by atoms with van der Waals surface area (Å²) in [7, 11) is 0. The Hall–Kier alpha value is -1.04. The zero-order chi connectivity index (χ0) is 16.1. The van der Waals surface area contributed by atoms with Crippen LogP contribution >= 0.6 is 0 Å². The highest BCUT2D eigenvalue weighted by atomic mass is 14.4. The maximum Gasteiger partial charge on any atom is -0.0162 e. The summed E-state index contributed by atoms with van der Waals surface area (Å²) in [6.07, 6.45) is 17.7. The fourth-order valence-corrected chi connectivity index (χ4v) is 4.99. The number of benzene rings is 1. The van der Waals surface area contributed by atoms with E-state index in [1.165, 1.54) is 63.4 Å². The average molecular weight is 311 g/mol. The lowest BCUT2D eigenvalue weighted by Crippen LogP contribution is -2.25. The first-order valence-electron chi connectivity index (χ1n) is 9.94. The molecule has 3 rings (SSSR count). The first-order valence-corrected chi connectivity index (χ1v) is 9.94. The molecular formula is C23H34. The molecule has 2 saturated carbocycles. The number of aryl methyl sites for hydroxylation is 1. The topological polar surface area (TPSA) is 0 Å². The lowest BCUT2D eigenvalue weighted by atomic mass is 9.68. The summed E-state index contributed by atoms with van der Waals surface area (Å²) < 4.78 is 0. The van der Waals surface area contributed by atoms with Gasteiger partial charge >= 0.3 is 0 Å². The van der Waals surface area contributed by atoms with Crippen LogP contribution in [-0.4, -0.2) is 0 Å². The molecule has 0 bridgehead atoms.